The number of benzene rings is 1. The molecule has 1 aromatic carbocycles. The van der Waals surface area contributed by atoms with Gasteiger partial charge in [-0.25, -0.2) is 0 Å². The fourth-order valence-electron chi connectivity index (χ4n) is 2.28. The van der Waals surface area contributed by atoms with Crippen molar-refractivity contribution in [3.8, 4) is 5.75 Å². The van der Waals surface area contributed by atoms with Crippen molar-refractivity contribution in [2.24, 2.45) is 0 Å². The van der Waals surface area contributed by atoms with Gasteiger partial charge in [-0.2, -0.15) is 0 Å². The van der Waals surface area contributed by atoms with E-state index in [2.05, 4.69) is 26.1 Å². The van der Waals surface area contributed by atoms with Gasteiger partial charge in [0.15, 0.2) is 0 Å². The second-order valence-corrected chi connectivity index (χ2v) is 7.97. The lowest BCUT2D eigenvalue weighted by Crippen LogP contribution is -2.33. The van der Waals surface area contributed by atoms with Crippen LogP contribution in [-0.4, -0.2) is 38.6 Å². The number of carbonyl (C=O) groups excluding carboxylic acids is 1. The molecule has 128 valence electrons. The molecule has 6 heteroatoms. The van der Waals surface area contributed by atoms with Crippen LogP contribution >= 0.6 is 27.3 Å². The van der Waals surface area contributed by atoms with E-state index in [1.165, 1.54) is 0 Å². The van der Waals surface area contributed by atoms with Crippen molar-refractivity contribution in [3.05, 3.63) is 56.7 Å². The van der Waals surface area contributed by atoms with E-state index >= 15 is 0 Å². The summed E-state index contributed by atoms with van der Waals surface area (Å²) in [5, 5.41) is 2.96. The molecule has 0 saturated heterocycles. The summed E-state index contributed by atoms with van der Waals surface area (Å²) in [7, 11) is 5.64. The Kier molecular flexibility index (Phi) is 7.02. The van der Waals surface area contributed by atoms with Crippen LogP contribution in [0.3, 0.4) is 0 Å². The van der Waals surface area contributed by atoms with E-state index in [9.17, 15) is 4.79 Å². The molecule has 1 atom stereocenters. The Morgan fingerprint density at radius 2 is 2.17 bits per heavy atom. The van der Waals surface area contributed by atoms with Crippen LogP contribution in [0.15, 0.2) is 46.3 Å². The monoisotopic (exact) mass is 408 g/mol. The van der Waals surface area contributed by atoms with Gasteiger partial charge in [0.1, 0.15) is 5.75 Å². The third-order valence-electron chi connectivity index (χ3n) is 3.56. The molecule has 1 aromatic heterocycles. The number of hydrogen-bond donors (Lipinski definition) is 1. The summed E-state index contributed by atoms with van der Waals surface area (Å²) in [4.78, 5) is 15.2. The molecule has 0 bridgehead atoms. The molecule has 4 nitrogen and oxygen atoms in total. The minimum Gasteiger partial charge on any atom is -0.497 e. The summed E-state index contributed by atoms with van der Waals surface area (Å²) in [5.74, 6) is 0.711. The molecule has 0 saturated carbocycles. The first-order chi connectivity index (χ1) is 11.5. The third kappa shape index (κ3) is 5.47. The molecule has 0 aliphatic rings. The largest absolute Gasteiger partial charge is 0.497 e. The number of halogens is 1. The van der Waals surface area contributed by atoms with Crippen molar-refractivity contribution in [1.29, 1.82) is 0 Å². The maximum absolute atomic E-state index is 12.1. The van der Waals surface area contributed by atoms with Gasteiger partial charge in [0.25, 0.3) is 0 Å². The lowest BCUT2D eigenvalue weighted by atomic mass is 10.1. The molecule has 0 radical (unpaired) electrons. The summed E-state index contributed by atoms with van der Waals surface area (Å²) < 4.78 is 6.33. The van der Waals surface area contributed by atoms with Crippen LogP contribution in [0.4, 0.5) is 0 Å². The van der Waals surface area contributed by atoms with Crippen LogP contribution in [0.25, 0.3) is 6.08 Å². The van der Waals surface area contributed by atoms with Crippen LogP contribution in [0.1, 0.15) is 16.5 Å². The van der Waals surface area contributed by atoms with Crippen molar-refractivity contribution in [2.45, 2.75) is 6.04 Å². The van der Waals surface area contributed by atoms with Crippen molar-refractivity contribution >= 4 is 39.2 Å². The summed E-state index contributed by atoms with van der Waals surface area (Å²) >= 11 is 5.00. The topological polar surface area (TPSA) is 41.6 Å². The predicted octanol–water partition coefficient (Wildman–Crippen LogP) is 3.95. The minimum atomic E-state index is -0.103. The van der Waals surface area contributed by atoms with E-state index in [1.807, 2.05) is 56.6 Å². The van der Waals surface area contributed by atoms with Gasteiger partial charge in [-0.1, -0.05) is 12.1 Å². The van der Waals surface area contributed by atoms with Gasteiger partial charge in [-0.15, -0.1) is 11.3 Å². The smallest absolute Gasteiger partial charge is 0.244 e. The fraction of sp³-hybridized carbons (Fsp3) is 0.278. The average molecular weight is 409 g/mol. The molecule has 24 heavy (non-hydrogen) atoms. The van der Waals surface area contributed by atoms with Gasteiger partial charge in [-0.05, 0) is 65.9 Å². The van der Waals surface area contributed by atoms with Crippen molar-refractivity contribution in [2.75, 3.05) is 27.7 Å². The molecular weight excluding hydrogens is 388 g/mol. The van der Waals surface area contributed by atoms with Crippen LogP contribution in [0, 0.1) is 0 Å². The number of thiophene rings is 1. The van der Waals surface area contributed by atoms with Crippen LogP contribution < -0.4 is 10.1 Å². The minimum absolute atomic E-state index is 0.0772. The maximum atomic E-state index is 12.1. The number of nitrogens with one attached hydrogen (secondary N) is 1. The zero-order chi connectivity index (χ0) is 17.5. The predicted molar refractivity (Wildman–Crippen MR) is 103 cm³/mol. The first-order valence-electron chi connectivity index (χ1n) is 7.51. The summed E-state index contributed by atoms with van der Waals surface area (Å²) in [6.07, 6.45) is 3.39. The third-order valence-corrected chi connectivity index (χ3v) is 5.15. The van der Waals surface area contributed by atoms with Gasteiger partial charge < -0.3 is 15.0 Å². The Labute approximate surface area is 155 Å². The average Bonchev–Trinajstić information content (AvgIpc) is 2.98. The van der Waals surface area contributed by atoms with Gasteiger partial charge in [0.05, 0.1) is 16.9 Å². The number of hydrogen-bond acceptors (Lipinski definition) is 4. The molecule has 0 spiro atoms. The lowest BCUT2D eigenvalue weighted by Gasteiger charge is -2.25. The van der Waals surface area contributed by atoms with Gasteiger partial charge >= 0.3 is 0 Å². The van der Waals surface area contributed by atoms with E-state index < -0.39 is 0 Å². The van der Waals surface area contributed by atoms with Gasteiger partial charge in [0.2, 0.25) is 5.91 Å². The number of methoxy groups -OCH3 is 1. The number of rotatable bonds is 7. The van der Waals surface area contributed by atoms with E-state index in [4.69, 9.17) is 4.74 Å². The normalized spacial score (nSPS) is 12.5. The standard InChI is InChI=1S/C18H21BrN2O2S/c1-21(2)16(13-5-4-6-14(11-13)23-3)12-20-18(22)10-8-15-7-9-17(19)24-15/h4-11,16H,12H2,1-3H3,(H,20,22). The highest BCUT2D eigenvalue weighted by Crippen LogP contribution is 2.23. The van der Waals surface area contributed by atoms with Gasteiger partial charge in [0, 0.05) is 17.5 Å². The summed E-state index contributed by atoms with van der Waals surface area (Å²) in [6.45, 7) is 0.525. The van der Waals surface area contributed by atoms with Crippen molar-refractivity contribution in [3.63, 3.8) is 0 Å². The summed E-state index contributed by atoms with van der Waals surface area (Å²) in [5.41, 5.74) is 1.10. The second kappa shape index (κ2) is 9.01. The zero-order valence-electron chi connectivity index (χ0n) is 14.0. The number of amides is 1. The SMILES string of the molecule is COc1cccc(C(CNC(=O)C=Cc2ccc(Br)s2)N(C)C)c1. The van der Waals surface area contributed by atoms with Crippen molar-refractivity contribution in [1.82, 2.24) is 10.2 Å². The Hall–Kier alpha value is -1.63. The van der Waals surface area contributed by atoms with Crippen LogP contribution in [0.5, 0.6) is 5.75 Å². The Morgan fingerprint density at radius 1 is 1.38 bits per heavy atom. The lowest BCUT2D eigenvalue weighted by molar-refractivity contribution is -0.116. The van der Waals surface area contributed by atoms with E-state index in [0.717, 1.165) is 20.0 Å². The summed E-state index contributed by atoms with van der Waals surface area (Å²) in [6, 6.07) is 11.9. The molecular formula is C18H21BrN2O2S. The van der Waals surface area contributed by atoms with Crippen molar-refractivity contribution < 1.29 is 9.53 Å². The molecule has 2 aromatic rings. The molecule has 1 N–H and O–H groups in total. The molecule has 2 rings (SSSR count). The zero-order valence-corrected chi connectivity index (χ0v) is 16.4. The quantitative estimate of drug-likeness (QED) is 0.705. The molecule has 1 unspecified atom stereocenters. The molecule has 1 heterocycles. The Bertz CT molecular complexity index is 713. The number of likely N-dealkylation sites (N-methyl/N-ethyl adjacent to an activating group) is 1. The first kappa shape index (κ1) is 18.7. The van der Waals surface area contributed by atoms with Crippen LogP contribution in [0.2, 0.25) is 0 Å². The Balaban J connectivity index is 1.98. The highest BCUT2D eigenvalue weighted by Gasteiger charge is 2.15. The highest BCUT2D eigenvalue weighted by atomic mass is 79.9. The number of nitrogens with zero attached hydrogens (tertiary/aromatic N) is 1. The van der Waals surface area contributed by atoms with E-state index in [0.29, 0.717) is 6.54 Å². The molecule has 0 aliphatic heterocycles. The van der Waals surface area contributed by atoms with Crippen LogP contribution in [-0.2, 0) is 4.79 Å². The number of carbonyl (C=O) groups is 1. The van der Waals surface area contributed by atoms with E-state index in [1.54, 1.807) is 24.5 Å². The molecule has 0 fully saturated rings. The second-order valence-electron chi connectivity index (χ2n) is 5.48. The fourth-order valence-corrected chi connectivity index (χ4v) is 3.61. The van der Waals surface area contributed by atoms with E-state index in [-0.39, 0.29) is 11.9 Å². The molecule has 0 aliphatic carbocycles. The first-order valence-corrected chi connectivity index (χ1v) is 9.12. The highest BCUT2D eigenvalue weighted by molar-refractivity contribution is 9.11. The molecule has 1 amide bonds. The maximum Gasteiger partial charge on any atom is 0.244 e. The Morgan fingerprint density at radius 3 is 2.79 bits per heavy atom. The number of ether oxygens (including phenoxy) is 1. The van der Waals surface area contributed by atoms with Gasteiger partial charge in [-0.3, -0.25) is 4.79 Å².